The van der Waals surface area contributed by atoms with Crippen molar-refractivity contribution >= 4 is 5.96 Å². The average Bonchev–Trinajstić information content (AvgIpc) is 2.63. The molecule has 1 saturated heterocycles. The van der Waals surface area contributed by atoms with E-state index in [4.69, 9.17) is 9.47 Å². The highest BCUT2D eigenvalue weighted by atomic mass is 19.1. The van der Waals surface area contributed by atoms with E-state index in [2.05, 4.69) is 22.1 Å². The van der Waals surface area contributed by atoms with Crippen molar-refractivity contribution in [2.24, 2.45) is 10.9 Å². The lowest BCUT2D eigenvalue weighted by Gasteiger charge is -2.30. The van der Waals surface area contributed by atoms with Gasteiger partial charge in [0.1, 0.15) is 0 Å². The summed E-state index contributed by atoms with van der Waals surface area (Å²) in [6.45, 7) is 8.33. The molecule has 6 nitrogen and oxygen atoms in total. The third-order valence-corrected chi connectivity index (χ3v) is 4.49. The van der Waals surface area contributed by atoms with Crippen LogP contribution in [-0.2, 0) is 11.3 Å². The van der Waals surface area contributed by atoms with E-state index in [0.29, 0.717) is 12.5 Å². The van der Waals surface area contributed by atoms with E-state index >= 15 is 0 Å². The van der Waals surface area contributed by atoms with Crippen molar-refractivity contribution in [3.8, 4) is 5.75 Å². The van der Waals surface area contributed by atoms with Gasteiger partial charge in [-0.05, 0) is 23.6 Å². The summed E-state index contributed by atoms with van der Waals surface area (Å²) in [5.74, 6) is 1.21. The summed E-state index contributed by atoms with van der Waals surface area (Å²) in [4.78, 5) is 8.76. The minimum absolute atomic E-state index is 0.260. The molecule has 1 heterocycles. The van der Waals surface area contributed by atoms with E-state index in [9.17, 15) is 4.39 Å². The Morgan fingerprint density at radius 2 is 2.15 bits per heavy atom. The molecule has 0 saturated carbocycles. The molecule has 26 heavy (non-hydrogen) atoms. The number of benzene rings is 1. The number of aliphatic imine (C=N–C) groups is 1. The van der Waals surface area contributed by atoms with Crippen molar-refractivity contribution in [2.75, 3.05) is 60.6 Å². The summed E-state index contributed by atoms with van der Waals surface area (Å²) in [5.41, 5.74) is 0.870. The largest absolute Gasteiger partial charge is 0.494 e. The molecule has 1 aromatic rings. The molecule has 1 aliphatic heterocycles. The van der Waals surface area contributed by atoms with Crippen molar-refractivity contribution in [3.63, 3.8) is 0 Å². The lowest BCUT2D eigenvalue weighted by atomic mass is 10.1. The van der Waals surface area contributed by atoms with Gasteiger partial charge in [-0.15, -0.1) is 0 Å². The second-order valence-electron chi connectivity index (χ2n) is 6.77. The molecule has 0 aromatic heterocycles. The van der Waals surface area contributed by atoms with Crippen molar-refractivity contribution in [1.29, 1.82) is 0 Å². The summed E-state index contributed by atoms with van der Waals surface area (Å²) in [7, 11) is 5.18. The average molecular weight is 366 g/mol. The van der Waals surface area contributed by atoms with Crippen LogP contribution >= 0.6 is 0 Å². The van der Waals surface area contributed by atoms with E-state index in [1.807, 2.05) is 18.0 Å². The van der Waals surface area contributed by atoms with Crippen LogP contribution in [0, 0.1) is 11.7 Å². The Balaban J connectivity index is 1.82. The first-order valence-electron chi connectivity index (χ1n) is 9.07. The maximum atomic E-state index is 13.9. The van der Waals surface area contributed by atoms with Crippen LogP contribution in [0.5, 0.6) is 5.75 Å². The van der Waals surface area contributed by atoms with Gasteiger partial charge in [-0.25, -0.2) is 4.39 Å². The van der Waals surface area contributed by atoms with Crippen molar-refractivity contribution < 1.29 is 13.9 Å². The van der Waals surface area contributed by atoms with Crippen molar-refractivity contribution in [3.05, 3.63) is 29.6 Å². The zero-order chi connectivity index (χ0) is 18.9. The molecule has 0 bridgehead atoms. The van der Waals surface area contributed by atoms with Gasteiger partial charge in [-0.3, -0.25) is 9.89 Å². The summed E-state index contributed by atoms with van der Waals surface area (Å²) in [6, 6.07) is 5.02. The van der Waals surface area contributed by atoms with E-state index < -0.39 is 0 Å². The lowest BCUT2D eigenvalue weighted by Crippen LogP contribution is -2.44. The summed E-state index contributed by atoms with van der Waals surface area (Å²) in [6.07, 6.45) is 0. The van der Waals surface area contributed by atoms with Crippen LogP contribution in [0.2, 0.25) is 0 Å². The highest BCUT2D eigenvalue weighted by Crippen LogP contribution is 2.18. The topological polar surface area (TPSA) is 49.3 Å². The van der Waals surface area contributed by atoms with Gasteiger partial charge in [-0.2, -0.15) is 0 Å². The molecular formula is C19H31FN4O2. The predicted molar refractivity (Wildman–Crippen MR) is 102 cm³/mol. The smallest absolute Gasteiger partial charge is 0.193 e. The first-order valence-corrected chi connectivity index (χ1v) is 9.07. The fourth-order valence-corrected chi connectivity index (χ4v) is 3.10. The first-order chi connectivity index (χ1) is 12.5. The molecule has 0 radical (unpaired) electrons. The molecular weight excluding hydrogens is 335 g/mol. The Bertz CT molecular complexity index is 591. The summed E-state index contributed by atoms with van der Waals surface area (Å²) < 4.78 is 24.2. The number of ether oxygens (including phenoxy) is 2. The van der Waals surface area contributed by atoms with Crippen LogP contribution in [0.15, 0.2) is 23.2 Å². The molecule has 0 aliphatic carbocycles. The summed E-state index contributed by atoms with van der Waals surface area (Å²) in [5, 5.41) is 3.42. The third-order valence-electron chi connectivity index (χ3n) is 4.49. The van der Waals surface area contributed by atoms with Gasteiger partial charge in [0, 0.05) is 46.8 Å². The molecule has 146 valence electrons. The van der Waals surface area contributed by atoms with Gasteiger partial charge in [0.2, 0.25) is 0 Å². The molecule has 1 aromatic carbocycles. The fourth-order valence-electron chi connectivity index (χ4n) is 3.10. The number of methoxy groups -OCH3 is 1. The summed E-state index contributed by atoms with van der Waals surface area (Å²) >= 11 is 0. The molecule has 0 spiro atoms. The van der Waals surface area contributed by atoms with Crippen LogP contribution in [0.3, 0.4) is 0 Å². The van der Waals surface area contributed by atoms with Crippen LogP contribution in [0.25, 0.3) is 0 Å². The van der Waals surface area contributed by atoms with Gasteiger partial charge >= 0.3 is 0 Å². The zero-order valence-corrected chi connectivity index (χ0v) is 16.3. The maximum Gasteiger partial charge on any atom is 0.193 e. The maximum absolute atomic E-state index is 13.9. The number of nitrogens with zero attached hydrogens (tertiary/aromatic N) is 3. The molecule has 7 heteroatoms. The Morgan fingerprint density at radius 3 is 2.77 bits per heavy atom. The molecule has 1 atom stereocenters. The monoisotopic (exact) mass is 366 g/mol. The highest BCUT2D eigenvalue weighted by molar-refractivity contribution is 5.79. The van der Waals surface area contributed by atoms with Gasteiger partial charge in [0.15, 0.2) is 17.5 Å². The lowest BCUT2D eigenvalue weighted by molar-refractivity contribution is 0.0320. The Labute approximate surface area is 156 Å². The minimum Gasteiger partial charge on any atom is -0.494 e. The number of rotatable bonds is 7. The van der Waals surface area contributed by atoms with E-state index in [-0.39, 0.29) is 11.6 Å². The predicted octanol–water partition coefficient (Wildman–Crippen LogP) is 1.81. The van der Waals surface area contributed by atoms with Crippen LogP contribution in [0.4, 0.5) is 4.39 Å². The van der Waals surface area contributed by atoms with Gasteiger partial charge in [0.05, 0.1) is 20.3 Å². The molecule has 1 N–H and O–H groups in total. The number of hydrogen-bond donors (Lipinski definition) is 1. The van der Waals surface area contributed by atoms with Gasteiger partial charge in [0.25, 0.3) is 0 Å². The van der Waals surface area contributed by atoms with Gasteiger partial charge in [-0.1, -0.05) is 13.0 Å². The van der Waals surface area contributed by atoms with Crippen LogP contribution in [0.1, 0.15) is 12.5 Å². The Hall–Kier alpha value is -1.86. The standard InChI is InChI=1S/C19H31FN4O2/c1-15(13-24-7-9-26-10-8-24)12-22-19(21-2)23(3)14-16-5-6-18(25-4)17(20)11-16/h5-6,11,15H,7-10,12-14H2,1-4H3,(H,21,22). The highest BCUT2D eigenvalue weighted by Gasteiger charge is 2.15. The SMILES string of the molecule is CN=C(NCC(C)CN1CCOCC1)N(C)Cc1ccc(OC)c(F)c1. The zero-order valence-electron chi connectivity index (χ0n) is 16.3. The van der Waals surface area contributed by atoms with E-state index in [1.165, 1.54) is 13.2 Å². The molecule has 2 rings (SSSR count). The molecule has 1 aliphatic rings. The minimum atomic E-state index is -0.347. The third kappa shape index (κ3) is 6.14. The first kappa shape index (κ1) is 20.5. The molecule has 1 fully saturated rings. The normalized spacial score (nSPS) is 17.0. The van der Waals surface area contributed by atoms with Crippen molar-refractivity contribution in [1.82, 2.24) is 15.1 Å². The number of halogens is 1. The van der Waals surface area contributed by atoms with Gasteiger partial charge < -0.3 is 19.7 Å². The van der Waals surface area contributed by atoms with Crippen LogP contribution < -0.4 is 10.1 Å². The number of guanidine groups is 1. The fraction of sp³-hybridized carbons (Fsp3) is 0.632. The molecule has 0 amide bonds. The Morgan fingerprint density at radius 1 is 1.42 bits per heavy atom. The Kier molecular flexibility index (Phi) is 8.12. The molecule has 1 unspecified atom stereocenters. The quantitative estimate of drug-likeness (QED) is 0.589. The number of morpholine rings is 1. The number of hydrogen-bond acceptors (Lipinski definition) is 4. The number of nitrogens with one attached hydrogen (secondary N) is 1. The van der Waals surface area contributed by atoms with E-state index in [0.717, 1.165) is 50.9 Å². The second kappa shape index (κ2) is 10.3. The van der Waals surface area contributed by atoms with Crippen molar-refractivity contribution in [2.45, 2.75) is 13.5 Å². The van der Waals surface area contributed by atoms with Crippen LogP contribution in [-0.4, -0.2) is 76.4 Å². The van der Waals surface area contributed by atoms with E-state index in [1.54, 1.807) is 13.1 Å². The second-order valence-corrected chi connectivity index (χ2v) is 6.77.